The smallest absolute Gasteiger partial charge is 0.338 e. The lowest BCUT2D eigenvalue weighted by Crippen LogP contribution is -2.22. The van der Waals surface area contributed by atoms with Crippen molar-refractivity contribution in [1.82, 2.24) is 0 Å². The van der Waals surface area contributed by atoms with Crippen LogP contribution >= 0.6 is 0 Å². The first-order valence-corrected chi connectivity index (χ1v) is 7.27. The fourth-order valence-corrected chi connectivity index (χ4v) is 2.21. The summed E-state index contributed by atoms with van der Waals surface area (Å²) in [5.74, 6) is -0.679. The zero-order valence-electron chi connectivity index (χ0n) is 13.4. The molecular weight excluding hydrogens is 306 g/mol. The number of amides is 1. The average molecular weight is 323 g/mol. The number of hydrogen-bond acceptors (Lipinski definition) is 5. The van der Waals surface area contributed by atoms with Gasteiger partial charge in [-0.1, -0.05) is 12.1 Å². The molecule has 0 fully saturated rings. The normalized spacial score (nSPS) is 9.71. The van der Waals surface area contributed by atoms with E-state index >= 15 is 0 Å². The Morgan fingerprint density at radius 2 is 1.96 bits per heavy atom. The van der Waals surface area contributed by atoms with Crippen LogP contribution in [0.2, 0.25) is 0 Å². The largest absolute Gasteiger partial charge is 0.465 e. The lowest BCUT2D eigenvalue weighted by Gasteiger charge is -2.12. The number of nitrogens with zero attached hydrogens (tertiary/aromatic N) is 1. The second kappa shape index (κ2) is 7.79. The topological polar surface area (TPSA) is 91.2 Å². The third-order valence-corrected chi connectivity index (χ3v) is 3.45. The Hall–Kier alpha value is -3.33. The van der Waals surface area contributed by atoms with Crippen LogP contribution in [0.25, 0.3) is 0 Å². The highest BCUT2D eigenvalue weighted by molar-refractivity contribution is 5.95. The molecule has 0 aliphatic heterocycles. The number of anilines is 2. The average Bonchev–Trinajstić information content (AvgIpc) is 2.60. The lowest BCUT2D eigenvalue weighted by molar-refractivity contribution is -0.114. The molecule has 0 radical (unpaired) electrons. The number of methoxy groups -OCH3 is 1. The zero-order chi connectivity index (χ0) is 17.5. The molecule has 0 atom stereocenters. The third kappa shape index (κ3) is 4.11. The Bertz CT molecular complexity index is 809. The number of carbonyl (C=O) groups is 2. The van der Waals surface area contributed by atoms with E-state index in [1.165, 1.54) is 7.11 Å². The maximum absolute atomic E-state index is 12.0. The van der Waals surface area contributed by atoms with Crippen LogP contribution in [0.1, 0.15) is 21.5 Å². The van der Waals surface area contributed by atoms with Gasteiger partial charge in [0.1, 0.15) is 0 Å². The van der Waals surface area contributed by atoms with Crippen LogP contribution in [0.5, 0.6) is 0 Å². The van der Waals surface area contributed by atoms with Crippen LogP contribution in [-0.4, -0.2) is 25.5 Å². The first-order chi connectivity index (χ1) is 11.5. The molecular formula is C18H17N3O3. The number of nitrogens with one attached hydrogen (secondary N) is 2. The molecule has 2 aromatic rings. The van der Waals surface area contributed by atoms with Gasteiger partial charge in [-0.3, -0.25) is 4.79 Å². The highest BCUT2D eigenvalue weighted by atomic mass is 16.5. The Kier molecular flexibility index (Phi) is 5.53. The van der Waals surface area contributed by atoms with Gasteiger partial charge in [0.15, 0.2) is 0 Å². The summed E-state index contributed by atoms with van der Waals surface area (Å²) in [6, 6.07) is 13.9. The first-order valence-electron chi connectivity index (χ1n) is 7.27. The molecule has 2 aromatic carbocycles. The summed E-state index contributed by atoms with van der Waals surface area (Å²) in [6.45, 7) is 1.81. The first kappa shape index (κ1) is 17.0. The molecule has 24 heavy (non-hydrogen) atoms. The molecule has 2 rings (SSSR count). The highest BCUT2D eigenvalue weighted by Crippen LogP contribution is 2.19. The quantitative estimate of drug-likeness (QED) is 0.826. The van der Waals surface area contributed by atoms with Crippen LogP contribution < -0.4 is 10.6 Å². The minimum atomic E-state index is -0.422. The van der Waals surface area contributed by atoms with E-state index in [-0.39, 0.29) is 12.5 Å². The molecule has 0 heterocycles. The van der Waals surface area contributed by atoms with Gasteiger partial charge >= 0.3 is 5.97 Å². The van der Waals surface area contributed by atoms with E-state index < -0.39 is 5.97 Å². The van der Waals surface area contributed by atoms with Crippen LogP contribution in [-0.2, 0) is 9.53 Å². The summed E-state index contributed by atoms with van der Waals surface area (Å²) >= 11 is 0. The number of ether oxygens (including phenoxy) is 1. The number of carbonyl (C=O) groups excluding carboxylic acids is 2. The number of benzene rings is 2. The van der Waals surface area contributed by atoms with Crippen molar-refractivity contribution < 1.29 is 14.3 Å². The van der Waals surface area contributed by atoms with Crippen LogP contribution in [0.4, 0.5) is 11.4 Å². The monoisotopic (exact) mass is 323 g/mol. The molecule has 0 bridgehead atoms. The van der Waals surface area contributed by atoms with Gasteiger partial charge < -0.3 is 15.4 Å². The molecule has 2 N–H and O–H groups in total. The Morgan fingerprint density at radius 3 is 2.67 bits per heavy atom. The van der Waals surface area contributed by atoms with Crippen molar-refractivity contribution in [3.63, 3.8) is 0 Å². The molecule has 6 heteroatoms. The highest BCUT2D eigenvalue weighted by Gasteiger charge is 2.12. The summed E-state index contributed by atoms with van der Waals surface area (Å²) in [5.41, 5.74) is 2.87. The maximum Gasteiger partial charge on any atom is 0.338 e. The van der Waals surface area contributed by atoms with Crippen LogP contribution in [0, 0.1) is 18.3 Å². The Balaban J connectivity index is 2.02. The molecule has 0 unspecified atom stereocenters. The van der Waals surface area contributed by atoms with Gasteiger partial charge in [-0.15, -0.1) is 0 Å². The number of hydrogen-bond donors (Lipinski definition) is 2. The van der Waals surface area contributed by atoms with Gasteiger partial charge in [-0.05, 0) is 42.8 Å². The van der Waals surface area contributed by atoms with Crippen molar-refractivity contribution in [2.75, 3.05) is 24.3 Å². The zero-order valence-corrected chi connectivity index (χ0v) is 13.4. The number of esters is 1. The summed E-state index contributed by atoms with van der Waals surface area (Å²) in [5, 5.41) is 14.6. The van der Waals surface area contributed by atoms with Crippen molar-refractivity contribution in [1.29, 1.82) is 5.26 Å². The molecule has 0 spiro atoms. The molecule has 0 saturated carbocycles. The fraction of sp³-hybridized carbons (Fsp3) is 0.167. The second-order valence-electron chi connectivity index (χ2n) is 5.06. The predicted molar refractivity (Wildman–Crippen MR) is 90.8 cm³/mol. The second-order valence-corrected chi connectivity index (χ2v) is 5.06. The summed E-state index contributed by atoms with van der Waals surface area (Å²) < 4.78 is 4.73. The predicted octanol–water partition coefficient (Wildman–Crippen LogP) is 2.70. The molecule has 1 amide bonds. The maximum atomic E-state index is 12.0. The lowest BCUT2D eigenvalue weighted by atomic mass is 10.1. The van der Waals surface area contributed by atoms with E-state index in [4.69, 9.17) is 10.00 Å². The van der Waals surface area contributed by atoms with Crippen molar-refractivity contribution >= 4 is 23.3 Å². The van der Waals surface area contributed by atoms with E-state index in [0.717, 1.165) is 0 Å². The molecule has 6 nitrogen and oxygen atoms in total. The summed E-state index contributed by atoms with van der Waals surface area (Å²) in [4.78, 5) is 23.7. The molecule has 0 aromatic heterocycles. The van der Waals surface area contributed by atoms with Crippen molar-refractivity contribution in [2.45, 2.75) is 6.92 Å². The van der Waals surface area contributed by atoms with Crippen molar-refractivity contribution in [2.24, 2.45) is 0 Å². The number of rotatable bonds is 5. The van der Waals surface area contributed by atoms with Crippen LogP contribution in [0.3, 0.4) is 0 Å². The van der Waals surface area contributed by atoms with E-state index in [1.807, 2.05) is 6.07 Å². The third-order valence-electron chi connectivity index (χ3n) is 3.45. The SMILES string of the molecule is COC(=O)c1cccc(NCC(=O)Nc2cccc(C#N)c2)c1C. The molecule has 0 saturated heterocycles. The minimum absolute atomic E-state index is 0.0300. The number of nitriles is 1. The van der Waals surface area contributed by atoms with Gasteiger partial charge in [0, 0.05) is 11.4 Å². The van der Waals surface area contributed by atoms with Gasteiger partial charge in [0.25, 0.3) is 0 Å². The Labute approximate surface area is 140 Å². The van der Waals surface area contributed by atoms with Gasteiger partial charge in [0.05, 0.1) is 30.9 Å². The summed E-state index contributed by atoms with van der Waals surface area (Å²) in [6.07, 6.45) is 0. The minimum Gasteiger partial charge on any atom is -0.465 e. The van der Waals surface area contributed by atoms with E-state index in [9.17, 15) is 9.59 Å². The molecule has 122 valence electrons. The van der Waals surface area contributed by atoms with Gasteiger partial charge in [-0.25, -0.2) is 4.79 Å². The van der Waals surface area contributed by atoms with E-state index in [1.54, 1.807) is 49.4 Å². The van der Waals surface area contributed by atoms with Crippen molar-refractivity contribution in [3.05, 3.63) is 59.2 Å². The fourth-order valence-electron chi connectivity index (χ4n) is 2.21. The van der Waals surface area contributed by atoms with Crippen LogP contribution in [0.15, 0.2) is 42.5 Å². The summed E-state index contributed by atoms with van der Waals surface area (Å²) in [7, 11) is 1.32. The standard InChI is InChI=1S/C18H17N3O3/c1-12-15(18(23)24-2)7-4-8-16(12)20-11-17(22)21-14-6-3-5-13(9-14)10-19/h3-9,20H,11H2,1-2H3,(H,21,22). The molecule has 0 aliphatic carbocycles. The van der Waals surface area contributed by atoms with Gasteiger partial charge in [-0.2, -0.15) is 5.26 Å². The van der Waals surface area contributed by atoms with Gasteiger partial charge in [0.2, 0.25) is 5.91 Å². The molecule has 0 aliphatic rings. The van der Waals surface area contributed by atoms with Crippen molar-refractivity contribution in [3.8, 4) is 6.07 Å². The Morgan fingerprint density at radius 1 is 1.21 bits per heavy atom. The van der Waals surface area contributed by atoms with E-state index in [0.29, 0.717) is 28.1 Å². The van der Waals surface area contributed by atoms with E-state index in [2.05, 4.69) is 10.6 Å².